The van der Waals surface area contributed by atoms with E-state index in [-0.39, 0.29) is 5.92 Å². The smallest absolute Gasteiger partial charge is 0.140 e. The molecule has 0 bridgehead atoms. The van der Waals surface area contributed by atoms with Gasteiger partial charge in [0.05, 0.1) is 6.61 Å². The summed E-state index contributed by atoms with van der Waals surface area (Å²) in [4.78, 5) is 12.2. The highest BCUT2D eigenvalue weighted by Crippen LogP contribution is 2.31. The molecule has 0 saturated heterocycles. The molecular weight excluding hydrogens is 248 g/mol. The van der Waals surface area contributed by atoms with E-state index < -0.39 is 0 Å². The molecule has 1 aromatic carbocycles. The third kappa shape index (κ3) is 4.36. The van der Waals surface area contributed by atoms with Crippen molar-refractivity contribution >= 4 is 5.78 Å². The van der Waals surface area contributed by atoms with Gasteiger partial charge >= 0.3 is 0 Å². The van der Waals surface area contributed by atoms with Crippen molar-refractivity contribution in [3.8, 4) is 5.75 Å². The molecule has 0 aromatic heterocycles. The van der Waals surface area contributed by atoms with Crippen LogP contribution in [-0.4, -0.2) is 12.4 Å². The van der Waals surface area contributed by atoms with E-state index in [0.717, 1.165) is 23.5 Å². The Kier molecular flexibility index (Phi) is 6.25. The van der Waals surface area contributed by atoms with Gasteiger partial charge in [0.15, 0.2) is 0 Å². The van der Waals surface area contributed by atoms with Crippen LogP contribution in [0.1, 0.15) is 58.1 Å². The van der Waals surface area contributed by atoms with Gasteiger partial charge in [0.2, 0.25) is 0 Å². The minimum Gasteiger partial charge on any atom is -0.493 e. The molecule has 20 heavy (non-hydrogen) atoms. The first kappa shape index (κ1) is 16.7. The van der Waals surface area contributed by atoms with Crippen molar-refractivity contribution < 1.29 is 9.53 Å². The van der Waals surface area contributed by atoms with Crippen LogP contribution in [0.4, 0.5) is 0 Å². The van der Waals surface area contributed by atoms with Crippen LogP contribution in [0.25, 0.3) is 0 Å². The molecule has 0 N–H and O–H groups in total. The largest absolute Gasteiger partial charge is 0.493 e. The number of benzene rings is 1. The molecule has 0 amide bonds. The van der Waals surface area contributed by atoms with Crippen LogP contribution in [0.15, 0.2) is 18.2 Å². The summed E-state index contributed by atoms with van der Waals surface area (Å²) in [6.07, 6.45) is 0.591. The molecule has 2 heteroatoms. The molecule has 0 aliphatic rings. The summed E-state index contributed by atoms with van der Waals surface area (Å²) in [5, 5.41) is 0. The fraction of sp³-hybridized carbons (Fsp3) is 0.611. The fourth-order valence-electron chi connectivity index (χ4n) is 2.47. The van der Waals surface area contributed by atoms with Crippen LogP contribution in [0.3, 0.4) is 0 Å². The summed E-state index contributed by atoms with van der Waals surface area (Å²) in [6.45, 7) is 13.2. The van der Waals surface area contributed by atoms with Gasteiger partial charge in [0.25, 0.3) is 0 Å². The number of carbonyl (C=O) groups is 1. The third-order valence-corrected chi connectivity index (χ3v) is 3.52. The molecule has 0 fully saturated rings. The summed E-state index contributed by atoms with van der Waals surface area (Å²) in [7, 11) is 0. The number of carbonyl (C=O) groups excluding carboxylic acids is 1. The number of ether oxygens (including phenoxy) is 1. The predicted octanol–water partition coefficient (Wildman–Crippen LogP) is 4.75. The first-order chi connectivity index (χ1) is 9.36. The number of hydrogen-bond acceptors (Lipinski definition) is 2. The molecule has 0 aliphatic heterocycles. The lowest BCUT2D eigenvalue weighted by molar-refractivity contribution is -0.121. The summed E-state index contributed by atoms with van der Waals surface area (Å²) < 4.78 is 5.75. The highest BCUT2D eigenvalue weighted by Gasteiger charge is 2.24. The summed E-state index contributed by atoms with van der Waals surface area (Å²) in [5.41, 5.74) is 2.29. The third-order valence-electron chi connectivity index (χ3n) is 3.52. The first-order valence-electron chi connectivity index (χ1n) is 7.62. The maximum absolute atomic E-state index is 12.2. The Balaban J connectivity index is 2.98. The first-order valence-corrected chi connectivity index (χ1v) is 7.62. The van der Waals surface area contributed by atoms with Gasteiger partial charge in [0.1, 0.15) is 11.5 Å². The quantitative estimate of drug-likeness (QED) is 0.718. The Bertz CT molecular complexity index is 447. The lowest BCUT2D eigenvalue weighted by atomic mass is 9.82. The van der Waals surface area contributed by atoms with Gasteiger partial charge < -0.3 is 4.74 Å². The molecule has 1 unspecified atom stereocenters. The minimum atomic E-state index is -0.000788. The summed E-state index contributed by atoms with van der Waals surface area (Å²) in [5.74, 6) is 2.05. The van der Waals surface area contributed by atoms with Crippen LogP contribution < -0.4 is 4.74 Å². The molecule has 1 atom stereocenters. The fourth-order valence-corrected chi connectivity index (χ4v) is 2.47. The Labute approximate surface area is 123 Å². The molecule has 0 radical (unpaired) electrons. The highest BCUT2D eigenvalue weighted by molar-refractivity contribution is 5.86. The average Bonchev–Trinajstić information content (AvgIpc) is 2.38. The van der Waals surface area contributed by atoms with Gasteiger partial charge in [-0.25, -0.2) is 0 Å². The zero-order valence-corrected chi connectivity index (χ0v) is 13.7. The Morgan fingerprint density at radius 2 is 1.85 bits per heavy atom. The molecule has 1 aromatic rings. The number of aryl methyl sites for hydroxylation is 1. The lowest BCUT2D eigenvalue weighted by Gasteiger charge is -2.22. The number of hydrogen-bond donors (Lipinski definition) is 0. The van der Waals surface area contributed by atoms with Crippen molar-refractivity contribution in [1.29, 1.82) is 0 Å². The van der Waals surface area contributed by atoms with E-state index in [4.69, 9.17) is 4.74 Å². The standard InChI is InChI=1S/C18H28O2/c1-7-17(19)18(13(4)5)16-9-8-15(10-14(16)6)20-11-12(2)3/h8-10,12-13,18H,7,11H2,1-6H3. The van der Waals surface area contributed by atoms with E-state index in [1.54, 1.807) is 0 Å². The summed E-state index contributed by atoms with van der Waals surface area (Å²) >= 11 is 0. The zero-order chi connectivity index (χ0) is 15.3. The second-order valence-corrected chi connectivity index (χ2v) is 6.26. The van der Waals surface area contributed by atoms with Gasteiger partial charge in [-0.2, -0.15) is 0 Å². The Hall–Kier alpha value is -1.31. The maximum Gasteiger partial charge on any atom is 0.140 e. The van der Waals surface area contributed by atoms with Gasteiger partial charge in [0, 0.05) is 12.3 Å². The summed E-state index contributed by atoms with van der Waals surface area (Å²) in [6, 6.07) is 6.10. The monoisotopic (exact) mass is 276 g/mol. The molecule has 0 heterocycles. The second-order valence-electron chi connectivity index (χ2n) is 6.26. The number of Topliss-reactive ketones (excluding diaryl/α,β-unsaturated/α-hetero) is 1. The van der Waals surface area contributed by atoms with E-state index in [0.29, 0.717) is 24.0 Å². The molecular formula is C18H28O2. The van der Waals surface area contributed by atoms with Crippen molar-refractivity contribution in [2.75, 3.05) is 6.61 Å². The Morgan fingerprint density at radius 1 is 1.20 bits per heavy atom. The second kappa shape index (κ2) is 7.47. The van der Waals surface area contributed by atoms with Crippen LogP contribution >= 0.6 is 0 Å². The maximum atomic E-state index is 12.2. The average molecular weight is 276 g/mol. The van der Waals surface area contributed by atoms with E-state index >= 15 is 0 Å². The number of ketones is 1. The van der Waals surface area contributed by atoms with E-state index in [2.05, 4.69) is 46.8 Å². The van der Waals surface area contributed by atoms with Gasteiger partial charge in [-0.15, -0.1) is 0 Å². The van der Waals surface area contributed by atoms with Crippen molar-refractivity contribution in [1.82, 2.24) is 0 Å². The number of rotatable bonds is 7. The van der Waals surface area contributed by atoms with Crippen LogP contribution in [-0.2, 0) is 4.79 Å². The molecule has 2 nitrogen and oxygen atoms in total. The van der Waals surface area contributed by atoms with Crippen LogP contribution in [0.5, 0.6) is 5.75 Å². The Morgan fingerprint density at radius 3 is 2.30 bits per heavy atom. The van der Waals surface area contributed by atoms with Gasteiger partial charge in [-0.3, -0.25) is 4.79 Å². The molecule has 0 aliphatic carbocycles. The highest BCUT2D eigenvalue weighted by atomic mass is 16.5. The normalized spacial score (nSPS) is 12.8. The lowest BCUT2D eigenvalue weighted by Crippen LogP contribution is -2.18. The van der Waals surface area contributed by atoms with Crippen molar-refractivity contribution in [3.63, 3.8) is 0 Å². The van der Waals surface area contributed by atoms with E-state index in [9.17, 15) is 4.79 Å². The van der Waals surface area contributed by atoms with E-state index in [1.165, 1.54) is 0 Å². The predicted molar refractivity (Wildman–Crippen MR) is 84.4 cm³/mol. The SMILES string of the molecule is CCC(=O)C(c1ccc(OCC(C)C)cc1C)C(C)C. The van der Waals surface area contributed by atoms with Crippen LogP contribution in [0, 0.1) is 18.8 Å². The molecule has 112 valence electrons. The molecule has 0 saturated carbocycles. The zero-order valence-electron chi connectivity index (χ0n) is 13.7. The van der Waals surface area contributed by atoms with E-state index in [1.807, 2.05) is 13.0 Å². The van der Waals surface area contributed by atoms with Crippen molar-refractivity contribution in [2.45, 2.75) is 53.9 Å². The van der Waals surface area contributed by atoms with Gasteiger partial charge in [-0.05, 0) is 42.0 Å². The van der Waals surface area contributed by atoms with Crippen molar-refractivity contribution in [3.05, 3.63) is 29.3 Å². The topological polar surface area (TPSA) is 26.3 Å². The van der Waals surface area contributed by atoms with Crippen LogP contribution in [0.2, 0.25) is 0 Å². The molecule has 0 spiro atoms. The van der Waals surface area contributed by atoms with Gasteiger partial charge in [-0.1, -0.05) is 40.7 Å². The minimum absolute atomic E-state index is 0.000788. The molecule has 1 rings (SSSR count). The van der Waals surface area contributed by atoms with Crippen molar-refractivity contribution in [2.24, 2.45) is 11.8 Å².